The predicted molar refractivity (Wildman–Crippen MR) is 116 cm³/mol. The summed E-state index contributed by atoms with van der Waals surface area (Å²) in [5.74, 6) is -0.823. The zero-order valence-corrected chi connectivity index (χ0v) is 18.9. The second-order valence-corrected chi connectivity index (χ2v) is 9.95. The lowest BCUT2D eigenvalue weighted by Gasteiger charge is -2.16. The Kier molecular flexibility index (Phi) is 6.59. The van der Waals surface area contributed by atoms with Gasteiger partial charge in [-0.1, -0.05) is 23.7 Å². The molecule has 0 aliphatic heterocycles. The van der Waals surface area contributed by atoms with Gasteiger partial charge in [-0.15, -0.1) is 0 Å². The van der Waals surface area contributed by atoms with E-state index in [0.29, 0.717) is 17.9 Å². The van der Waals surface area contributed by atoms with Gasteiger partial charge >= 0.3 is 5.97 Å². The van der Waals surface area contributed by atoms with Crippen LogP contribution in [0, 0.1) is 0 Å². The van der Waals surface area contributed by atoms with Gasteiger partial charge in [0.25, 0.3) is 5.91 Å². The molecule has 166 valence electrons. The van der Waals surface area contributed by atoms with E-state index in [0.717, 1.165) is 9.87 Å². The summed E-state index contributed by atoms with van der Waals surface area (Å²) in [7, 11) is 0.515. The van der Waals surface area contributed by atoms with E-state index >= 15 is 0 Å². The molecular weight excluding hydrogens is 444 g/mol. The lowest BCUT2D eigenvalue weighted by atomic mass is 9.96. The average Bonchev–Trinajstić information content (AvgIpc) is 3.54. The number of esters is 1. The number of benzene rings is 2. The highest BCUT2D eigenvalue weighted by atomic mass is 35.5. The summed E-state index contributed by atoms with van der Waals surface area (Å²) >= 11 is 5.90. The number of methoxy groups -OCH3 is 1. The third-order valence-electron chi connectivity index (χ3n) is 5.10. The molecule has 0 spiro atoms. The van der Waals surface area contributed by atoms with Crippen LogP contribution in [0.2, 0.25) is 5.02 Å². The molecule has 1 fully saturated rings. The van der Waals surface area contributed by atoms with Gasteiger partial charge in [0.2, 0.25) is 10.0 Å². The number of halogens is 1. The van der Waals surface area contributed by atoms with Gasteiger partial charge in [-0.05, 0) is 48.7 Å². The number of amides is 1. The summed E-state index contributed by atoms with van der Waals surface area (Å²) in [6, 6.07) is 11.1. The normalized spacial score (nSPS) is 14.7. The number of carbonyl (C=O) groups excluding carboxylic acids is 2. The summed E-state index contributed by atoms with van der Waals surface area (Å²) < 4.78 is 36.2. The Morgan fingerprint density at radius 2 is 1.77 bits per heavy atom. The van der Waals surface area contributed by atoms with Crippen molar-refractivity contribution < 1.29 is 27.5 Å². The number of hydrogen-bond acceptors (Lipinski definition) is 6. The van der Waals surface area contributed by atoms with E-state index in [1.807, 2.05) is 0 Å². The lowest BCUT2D eigenvalue weighted by molar-refractivity contribution is -0.150. The zero-order valence-electron chi connectivity index (χ0n) is 17.3. The molecule has 2 aromatic carbocycles. The largest absolute Gasteiger partial charge is 0.495 e. The molecule has 0 unspecified atom stereocenters. The third kappa shape index (κ3) is 4.84. The molecule has 3 rings (SSSR count). The van der Waals surface area contributed by atoms with Gasteiger partial charge in [-0.2, -0.15) is 0 Å². The van der Waals surface area contributed by atoms with Crippen LogP contribution in [0.25, 0.3) is 0 Å². The number of carbonyl (C=O) groups is 2. The van der Waals surface area contributed by atoms with Gasteiger partial charge < -0.3 is 14.8 Å². The standard InChI is InChI=1S/C21H23ClN2O6S/c1-24(2)31(27,28)16-8-9-18(29-3)17(12-16)23-19(25)13-30-20(26)21(10-11-21)14-4-6-15(22)7-5-14/h4-9,12H,10-11,13H2,1-3H3,(H,23,25). The molecule has 0 bridgehead atoms. The van der Waals surface area contributed by atoms with Crippen LogP contribution in [0.5, 0.6) is 5.75 Å². The molecule has 1 N–H and O–H groups in total. The van der Waals surface area contributed by atoms with Crippen molar-refractivity contribution in [1.29, 1.82) is 0 Å². The molecule has 0 radical (unpaired) electrons. The van der Waals surface area contributed by atoms with Crippen LogP contribution >= 0.6 is 11.6 Å². The minimum absolute atomic E-state index is 0.00901. The fourth-order valence-electron chi connectivity index (χ4n) is 3.12. The topological polar surface area (TPSA) is 102 Å². The molecule has 0 heterocycles. The molecule has 8 nitrogen and oxygen atoms in total. The summed E-state index contributed by atoms with van der Waals surface area (Å²) in [5, 5.41) is 3.11. The first-order valence-corrected chi connectivity index (χ1v) is 11.3. The number of nitrogens with zero attached hydrogens (tertiary/aromatic N) is 1. The summed E-state index contributed by atoms with van der Waals surface area (Å²) in [5.41, 5.74) is 0.207. The minimum Gasteiger partial charge on any atom is -0.495 e. The van der Waals surface area contributed by atoms with Crippen LogP contribution in [0.4, 0.5) is 5.69 Å². The first-order valence-electron chi connectivity index (χ1n) is 9.44. The van der Waals surface area contributed by atoms with E-state index in [2.05, 4.69) is 5.32 Å². The van der Waals surface area contributed by atoms with Crippen LogP contribution in [0.15, 0.2) is 47.4 Å². The second kappa shape index (κ2) is 8.86. The van der Waals surface area contributed by atoms with Crippen molar-refractivity contribution in [2.75, 3.05) is 33.1 Å². The van der Waals surface area contributed by atoms with Gasteiger partial charge in [0, 0.05) is 19.1 Å². The maximum Gasteiger partial charge on any atom is 0.317 e. The van der Waals surface area contributed by atoms with Crippen molar-refractivity contribution in [3.05, 3.63) is 53.1 Å². The van der Waals surface area contributed by atoms with Crippen LogP contribution in [0.3, 0.4) is 0 Å². The quantitative estimate of drug-likeness (QED) is 0.600. The Morgan fingerprint density at radius 3 is 2.32 bits per heavy atom. The van der Waals surface area contributed by atoms with E-state index in [9.17, 15) is 18.0 Å². The predicted octanol–water partition coefficient (Wildman–Crippen LogP) is 2.81. The van der Waals surface area contributed by atoms with E-state index in [4.69, 9.17) is 21.1 Å². The molecule has 0 saturated heterocycles. The highest BCUT2D eigenvalue weighted by Crippen LogP contribution is 2.49. The van der Waals surface area contributed by atoms with Crippen molar-refractivity contribution in [2.45, 2.75) is 23.2 Å². The Labute approximate surface area is 186 Å². The summed E-state index contributed by atoms with van der Waals surface area (Å²) in [6.45, 7) is -0.512. The molecular formula is C21H23ClN2O6S. The molecule has 0 aromatic heterocycles. The first kappa shape index (κ1) is 23.1. The number of ether oxygens (including phenoxy) is 2. The molecule has 1 saturated carbocycles. The van der Waals surface area contributed by atoms with E-state index in [-0.39, 0.29) is 16.3 Å². The molecule has 31 heavy (non-hydrogen) atoms. The molecule has 2 aromatic rings. The SMILES string of the molecule is COc1ccc(S(=O)(=O)N(C)C)cc1NC(=O)COC(=O)C1(c2ccc(Cl)cc2)CC1. The van der Waals surface area contributed by atoms with Crippen LogP contribution in [-0.2, 0) is 29.8 Å². The lowest BCUT2D eigenvalue weighted by Crippen LogP contribution is -2.28. The Bertz CT molecular complexity index is 1100. The fraction of sp³-hybridized carbons (Fsp3) is 0.333. The van der Waals surface area contributed by atoms with Gasteiger partial charge in [-0.25, -0.2) is 12.7 Å². The van der Waals surface area contributed by atoms with Crippen LogP contribution < -0.4 is 10.1 Å². The highest BCUT2D eigenvalue weighted by Gasteiger charge is 2.52. The monoisotopic (exact) mass is 466 g/mol. The number of anilines is 1. The molecule has 0 atom stereocenters. The fourth-order valence-corrected chi connectivity index (χ4v) is 4.17. The first-order chi connectivity index (χ1) is 14.6. The van der Waals surface area contributed by atoms with Gasteiger partial charge in [0.1, 0.15) is 5.75 Å². The van der Waals surface area contributed by atoms with Crippen molar-refractivity contribution in [3.8, 4) is 5.75 Å². The van der Waals surface area contributed by atoms with Crippen molar-refractivity contribution in [3.63, 3.8) is 0 Å². The smallest absolute Gasteiger partial charge is 0.317 e. The number of nitrogens with one attached hydrogen (secondary N) is 1. The number of sulfonamides is 1. The van der Waals surface area contributed by atoms with Gasteiger partial charge in [0.15, 0.2) is 6.61 Å². The zero-order chi connectivity index (χ0) is 22.8. The minimum atomic E-state index is -3.70. The number of rotatable bonds is 8. The number of hydrogen-bond donors (Lipinski definition) is 1. The Hall–Kier alpha value is -2.62. The van der Waals surface area contributed by atoms with Crippen molar-refractivity contribution in [1.82, 2.24) is 4.31 Å². The summed E-state index contributed by atoms with van der Waals surface area (Å²) in [4.78, 5) is 25.0. The molecule has 1 aliphatic rings. The molecule has 1 aliphatic carbocycles. The van der Waals surface area contributed by atoms with E-state index < -0.39 is 33.9 Å². The Morgan fingerprint density at radius 1 is 1.13 bits per heavy atom. The van der Waals surface area contributed by atoms with Gasteiger partial charge in [-0.3, -0.25) is 9.59 Å². The summed E-state index contributed by atoms with van der Waals surface area (Å²) in [6.07, 6.45) is 1.26. The van der Waals surface area contributed by atoms with Crippen molar-refractivity contribution >= 4 is 39.2 Å². The van der Waals surface area contributed by atoms with E-state index in [1.54, 1.807) is 24.3 Å². The van der Waals surface area contributed by atoms with E-state index in [1.165, 1.54) is 39.4 Å². The van der Waals surface area contributed by atoms with Crippen LogP contribution in [-0.4, -0.2) is 52.4 Å². The van der Waals surface area contributed by atoms with Crippen LogP contribution in [0.1, 0.15) is 18.4 Å². The second-order valence-electron chi connectivity index (χ2n) is 7.36. The molecule has 10 heteroatoms. The highest BCUT2D eigenvalue weighted by molar-refractivity contribution is 7.89. The maximum absolute atomic E-state index is 12.6. The Balaban J connectivity index is 1.68. The maximum atomic E-state index is 12.6. The third-order valence-corrected chi connectivity index (χ3v) is 7.16. The van der Waals surface area contributed by atoms with Crippen molar-refractivity contribution in [2.24, 2.45) is 0 Å². The van der Waals surface area contributed by atoms with Gasteiger partial charge in [0.05, 0.1) is 23.1 Å². The average molecular weight is 467 g/mol. The molecule has 1 amide bonds.